The van der Waals surface area contributed by atoms with Crippen molar-refractivity contribution < 1.29 is 4.80 Å². The molecule has 0 bridgehead atoms. The first kappa shape index (κ1) is 14.8. The minimum Gasteiger partial charge on any atom is -0.421 e. The molecule has 1 N–H and O–H groups in total. The molecule has 0 aliphatic carbocycles. The highest BCUT2D eigenvalue weighted by Crippen LogP contribution is 2.06. The summed E-state index contributed by atoms with van der Waals surface area (Å²) < 4.78 is 0. The monoisotopic (exact) mass is 282 g/mol. The van der Waals surface area contributed by atoms with Gasteiger partial charge in [0.25, 0.3) is 8.32 Å². The molecule has 0 saturated heterocycles. The van der Waals surface area contributed by atoms with Gasteiger partial charge in [0.05, 0.1) is 0 Å². The summed E-state index contributed by atoms with van der Waals surface area (Å²) in [4.78, 5) is 11.3. The second-order valence-electron chi connectivity index (χ2n) is 5.04. The molecule has 0 unspecified atom stereocenters. The SMILES string of the molecule is CCCC/C=C/[Si](O)(c1ccccc1)c1ccccc1. The van der Waals surface area contributed by atoms with Crippen molar-refractivity contribution in [2.75, 3.05) is 0 Å². The predicted octanol–water partition coefficient (Wildman–Crippen LogP) is 3.02. The molecule has 2 rings (SSSR count). The molecule has 0 aromatic heterocycles. The molecule has 2 aromatic carbocycles. The zero-order chi connectivity index (χ0) is 14.3. The molecule has 2 heteroatoms. The summed E-state index contributed by atoms with van der Waals surface area (Å²) in [7, 11) is -2.73. The lowest BCUT2D eigenvalue weighted by Gasteiger charge is -2.22. The maximum absolute atomic E-state index is 11.3. The van der Waals surface area contributed by atoms with E-state index >= 15 is 0 Å². The maximum Gasteiger partial charge on any atom is 0.277 e. The summed E-state index contributed by atoms with van der Waals surface area (Å²) in [5, 5.41) is 2.08. The van der Waals surface area contributed by atoms with Crippen molar-refractivity contribution in [1.29, 1.82) is 0 Å². The third-order valence-electron chi connectivity index (χ3n) is 3.51. The van der Waals surface area contributed by atoms with E-state index in [1.54, 1.807) is 0 Å². The van der Waals surface area contributed by atoms with Crippen molar-refractivity contribution in [3.63, 3.8) is 0 Å². The lowest BCUT2D eigenvalue weighted by molar-refractivity contribution is 0.581. The molecular formula is C18H22OSi. The van der Waals surface area contributed by atoms with E-state index in [1.165, 1.54) is 12.8 Å². The van der Waals surface area contributed by atoms with E-state index in [0.29, 0.717) is 0 Å². The van der Waals surface area contributed by atoms with Crippen LogP contribution in [0.5, 0.6) is 0 Å². The Labute approximate surface area is 122 Å². The fraction of sp³-hybridized carbons (Fsp3) is 0.222. The van der Waals surface area contributed by atoms with Crippen LogP contribution in [-0.4, -0.2) is 13.1 Å². The molecule has 2 aromatic rings. The molecule has 0 radical (unpaired) electrons. The molecule has 20 heavy (non-hydrogen) atoms. The van der Waals surface area contributed by atoms with E-state index in [4.69, 9.17) is 0 Å². The Morgan fingerprint density at radius 1 is 0.900 bits per heavy atom. The average molecular weight is 282 g/mol. The number of unbranched alkanes of at least 4 members (excludes halogenated alkanes) is 2. The van der Waals surface area contributed by atoms with Crippen molar-refractivity contribution in [2.45, 2.75) is 26.2 Å². The third-order valence-corrected chi connectivity index (χ3v) is 6.66. The normalized spacial score (nSPS) is 11.9. The van der Waals surface area contributed by atoms with Crippen LogP contribution in [0.25, 0.3) is 0 Å². The second kappa shape index (κ2) is 7.22. The highest BCUT2D eigenvalue weighted by atomic mass is 28.4. The first-order valence-electron chi connectivity index (χ1n) is 7.28. The Bertz CT molecular complexity index is 494. The van der Waals surface area contributed by atoms with Crippen LogP contribution in [0.15, 0.2) is 72.4 Å². The van der Waals surface area contributed by atoms with Gasteiger partial charge in [-0.3, -0.25) is 0 Å². The summed E-state index contributed by atoms with van der Waals surface area (Å²) in [6.07, 6.45) is 5.53. The van der Waals surface area contributed by atoms with Crippen molar-refractivity contribution in [3.8, 4) is 0 Å². The molecular weight excluding hydrogens is 260 g/mol. The summed E-state index contributed by atoms with van der Waals surface area (Å²) in [6.45, 7) is 2.19. The van der Waals surface area contributed by atoms with Crippen LogP contribution in [0.4, 0.5) is 0 Å². The van der Waals surface area contributed by atoms with Crippen molar-refractivity contribution >= 4 is 18.7 Å². The topological polar surface area (TPSA) is 20.2 Å². The maximum atomic E-state index is 11.3. The molecule has 0 atom stereocenters. The van der Waals surface area contributed by atoms with Crippen LogP contribution >= 0.6 is 0 Å². The largest absolute Gasteiger partial charge is 0.421 e. The molecule has 104 valence electrons. The van der Waals surface area contributed by atoms with Gasteiger partial charge >= 0.3 is 0 Å². The summed E-state index contributed by atoms with van der Waals surface area (Å²) >= 11 is 0. The molecule has 0 saturated carbocycles. The van der Waals surface area contributed by atoms with E-state index in [-0.39, 0.29) is 0 Å². The van der Waals surface area contributed by atoms with Gasteiger partial charge in [0, 0.05) is 0 Å². The number of benzene rings is 2. The highest BCUT2D eigenvalue weighted by molar-refractivity contribution is 7.00. The zero-order valence-corrected chi connectivity index (χ0v) is 13.0. The molecule has 0 fully saturated rings. The van der Waals surface area contributed by atoms with Gasteiger partial charge in [0.1, 0.15) is 0 Å². The van der Waals surface area contributed by atoms with Crippen molar-refractivity contribution in [3.05, 3.63) is 72.4 Å². The van der Waals surface area contributed by atoms with Gasteiger partial charge in [0.2, 0.25) is 0 Å². The molecule has 0 spiro atoms. The van der Waals surface area contributed by atoms with Crippen LogP contribution in [0.3, 0.4) is 0 Å². The fourth-order valence-electron chi connectivity index (χ4n) is 2.32. The molecule has 0 aliphatic rings. The minimum absolute atomic E-state index is 1.03. The Morgan fingerprint density at radius 3 is 1.85 bits per heavy atom. The van der Waals surface area contributed by atoms with E-state index in [1.807, 2.05) is 60.7 Å². The van der Waals surface area contributed by atoms with Gasteiger partial charge in [0.15, 0.2) is 0 Å². The van der Waals surface area contributed by atoms with Gasteiger partial charge < -0.3 is 4.80 Å². The number of hydrogen-bond acceptors (Lipinski definition) is 1. The first-order valence-corrected chi connectivity index (χ1v) is 9.31. The Morgan fingerprint density at radius 2 is 1.40 bits per heavy atom. The van der Waals surface area contributed by atoms with Crippen LogP contribution < -0.4 is 10.4 Å². The summed E-state index contributed by atoms with van der Waals surface area (Å²) in [5.41, 5.74) is 2.06. The zero-order valence-electron chi connectivity index (χ0n) is 12.0. The lowest BCUT2D eigenvalue weighted by Crippen LogP contribution is -2.57. The Hall–Kier alpha value is -1.64. The van der Waals surface area contributed by atoms with Gasteiger partial charge in [-0.05, 0) is 16.8 Å². The number of hydrogen-bond donors (Lipinski definition) is 1. The van der Waals surface area contributed by atoms with Crippen molar-refractivity contribution in [2.24, 2.45) is 0 Å². The Kier molecular flexibility index (Phi) is 5.33. The second-order valence-corrected chi connectivity index (χ2v) is 8.06. The van der Waals surface area contributed by atoms with Crippen LogP contribution in [0.1, 0.15) is 26.2 Å². The van der Waals surface area contributed by atoms with E-state index in [2.05, 4.69) is 18.7 Å². The fourth-order valence-corrected chi connectivity index (χ4v) is 4.95. The van der Waals surface area contributed by atoms with Gasteiger partial charge in [-0.25, -0.2) is 0 Å². The third kappa shape index (κ3) is 3.47. The van der Waals surface area contributed by atoms with Gasteiger partial charge in [-0.15, -0.1) is 0 Å². The minimum atomic E-state index is -2.73. The molecule has 1 nitrogen and oxygen atoms in total. The smallest absolute Gasteiger partial charge is 0.277 e. The van der Waals surface area contributed by atoms with Crippen molar-refractivity contribution in [1.82, 2.24) is 0 Å². The quantitative estimate of drug-likeness (QED) is 0.638. The molecule has 0 amide bonds. The lowest BCUT2D eigenvalue weighted by atomic mass is 10.2. The standard InChI is InChI=1S/C18H22OSi/c1-2-3-4-11-16-20(19,17-12-7-5-8-13-17)18-14-9-6-10-15-18/h5-16,19H,2-4H2,1H3/b16-11+. The van der Waals surface area contributed by atoms with Crippen LogP contribution in [0, 0.1) is 0 Å². The summed E-state index contributed by atoms with van der Waals surface area (Å²) in [6, 6.07) is 20.1. The van der Waals surface area contributed by atoms with E-state index in [0.717, 1.165) is 16.8 Å². The van der Waals surface area contributed by atoms with Crippen LogP contribution in [0.2, 0.25) is 0 Å². The number of rotatable bonds is 6. The van der Waals surface area contributed by atoms with E-state index < -0.39 is 8.32 Å². The van der Waals surface area contributed by atoms with Crippen LogP contribution in [-0.2, 0) is 0 Å². The first-order chi connectivity index (χ1) is 9.77. The molecule has 0 aliphatic heterocycles. The average Bonchev–Trinajstić information content (AvgIpc) is 2.53. The Balaban J connectivity index is 2.36. The number of allylic oxidation sites excluding steroid dienone is 1. The van der Waals surface area contributed by atoms with Gasteiger partial charge in [-0.2, -0.15) is 0 Å². The molecule has 0 heterocycles. The highest BCUT2D eigenvalue weighted by Gasteiger charge is 2.32. The van der Waals surface area contributed by atoms with Gasteiger partial charge in [-0.1, -0.05) is 92.2 Å². The van der Waals surface area contributed by atoms with E-state index in [9.17, 15) is 4.80 Å². The summed E-state index contributed by atoms with van der Waals surface area (Å²) in [5.74, 6) is 0. The predicted molar refractivity (Wildman–Crippen MR) is 88.8 cm³/mol.